The molecule has 3 rings (SSSR count). The Balaban J connectivity index is 1.84. The quantitative estimate of drug-likeness (QED) is 0.783. The van der Waals surface area contributed by atoms with E-state index >= 15 is 0 Å². The van der Waals surface area contributed by atoms with E-state index in [0.717, 1.165) is 13.0 Å². The largest absolute Gasteiger partial charge is 0.383 e. The number of aromatic nitrogens is 1. The third-order valence-electron chi connectivity index (χ3n) is 3.58. The average Bonchev–Trinajstić information content (AvgIpc) is 2.39. The zero-order chi connectivity index (χ0) is 10.8. The van der Waals surface area contributed by atoms with Crippen molar-refractivity contribution in [3.05, 3.63) is 18.0 Å². The van der Waals surface area contributed by atoms with Gasteiger partial charge >= 0.3 is 0 Å². The maximum absolute atomic E-state index is 4.59. The molecule has 1 saturated heterocycles. The minimum Gasteiger partial charge on any atom is -0.383 e. The first-order valence-electron chi connectivity index (χ1n) is 6.41. The first kappa shape index (κ1) is 9.94. The number of piperidine rings is 1. The number of rotatable bonds is 1. The number of hydrogen-bond donors (Lipinski definition) is 1. The molecule has 0 spiro atoms. The molecule has 1 fully saturated rings. The van der Waals surface area contributed by atoms with E-state index in [1.165, 1.54) is 55.8 Å². The highest BCUT2D eigenvalue weighted by atomic mass is 15.1. The van der Waals surface area contributed by atoms with Gasteiger partial charge in [-0.15, -0.1) is 0 Å². The maximum atomic E-state index is 4.59. The zero-order valence-electron chi connectivity index (χ0n) is 9.71. The lowest BCUT2D eigenvalue weighted by molar-refractivity contribution is 0.577. The Bertz CT molecular complexity index is 369. The number of hydrogen-bond acceptors (Lipinski definition) is 3. The molecule has 0 amide bonds. The van der Waals surface area contributed by atoms with Crippen LogP contribution in [0.4, 0.5) is 11.4 Å². The van der Waals surface area contributed by atoms with Gasteiger partial charge in [0.25, 0.3) is 0 Å². The molecule has 0 radical (unpaired) electrons. The van der Waals surface area contributed by atoms with Gasteiger partial charge in [-0.1, -0.05) is 0 Å². The lowest BCUT2D eigenvalue weighted by atomic mass is 10.1. The summed E-state index contributed by atoms with van der Waals surface area (Å²) in [6.45, 7) is 3.49. The van der Waals surface area contributed by atoms with E-state index in [0.29, 0.717) is 0 Å². The van der Waals surface area contributed by atoms with E-state index < -0.39 is 0 Å². The number of fused-ring (bicyclic) bond motifs is 1. The molecule has 2 aliphatic heterocycles. The molecular formula is C13H19N3. The van der Waals surface area contributed by atoms with Crippen LogP contribution in [0, 0.1) is 0 Å². The Morgan fingerprint density at radius 1 is 1.12 bits per heavy atom. The van der Waals surface area contributed by atoms with Crippen molar-refractivity contribution >= 4 is 11.4 Å². The molecule has 0 unspecified atom stereocenters. The molecule has 16 heavy (non-hydrogen) atoms. The molecule has 3 heteroatoms. The van der Waals surface area contributed by atoms with Gasteiger partial charge in [0.1, 0.15) is 0 Å². The lowest BCUT2D eigenvalue weighted by Crippen LogP contribution is -2.29. The molecule has 2 aliphatic rings. The fourth-order valence-electron chi connectivity index (χ4n) is 2.64. The summed E-state index contributed by atoms with van der Waals surface area (Å²) in [5, 5.41) is 3.45. The molecule has 0 bridgehead atoms. The molecule has 0 saturated carbocycles. The summed E-state index contributed by atoms with van der Waals surface area (Å²) >= 11 is 0. The van der Waals surface area contributed by atoms with Crippen molar-refractivity contribution in [3.8, 4) is 0 Å². The molecule has 1 aromatic rings. The van der Waals surface area contributed by atoms with E-state index in [1.807, 2.05) is 0 Å². The Kier molecular flexibility index (Phi) is 2.68. The van der Waals surface area contributed by atoms with Crippen LogP contribution in [0.25, 0.3) is 0 Å². The van der Waals surface area contributed by atoms with Crippen molar-refractivity contribution in [1.82, 2.24) is 4.98 Å². The summed E-state index contributed by atoms with van der Waals surface area (Å²) in [6, 6.07) is 2.28. The van der Waals surface area contributed by atoms with E-state index in [1.54, 1.807) is 0 Å². The third-order valence-corrected chi connectivity index (χ3v) is 3.58. The van der Waals surface area contributed by atoms with Gasteiger partial charge in [0, 0.05) is 19.6 Å². The Labute approximate surface area is 96.9 Å². The van der Waals surface area contributed by atoms with E-state index in [4.69, 9.17) is 0 Å². The van der Waals surface area contributed by atoms with Crippen LogP contribution in [0.15, 0.2) is 12.3 Å². The number of anilines is 2. The second-order valence-electron chi connectivity index (χ2n) is 4.77. The van der Waals surface area contributed by atoms with Gasteiger partial charge in [-0.3, -0.25) is 4.98 Å². The van der Waals surface area contributed by atoms with Crippen LogP contribution in [-0.2, 0) is 6.42 Å². The van der Waals surface area contributed by atoms with Crippen LogP contribution in [0.5, 0.6) is 0 Å². The third kappa shape index (κ3) is 1.86. The SMILES string of the molecule is c1nc2c(cc1N1CCCCC1)NCCC2. The molecule has 3 heterocycles. The van der Waals surface area contributed by atoms with Gasteiger partial charge in [0.15, 0.2) is 0 Å². The van der Waals surface area contributed by atoms with Gasteiger partial charge < -0.3 is 10.2 Å². The van der Waals surface area contributed by atoms with Crippen molar-refractivity contribution in [2.45, 2.75) is 32.1 Å². The topological polar surface area (TPSA) is 28.2 Å². The highest BCUT2D eigenvalue weighted by molar-refractivity contribution is 5.60. The summed E-state index contributed by atoms with van der Waals surface area (Å²) in [5.74, 6) is 0. The fraction of sp³-hybridized carbons (Fsp3) is 0.615. The first-order chi connectivity index (χ1) is 7.93. The smallest absolute Gasteiger partial charge is 0.0636 e. The number of nitrogens with zero attached hydrogens (tertiary/aromatic N) is 2. The predicted octanol–water partition coefficient (Wildman–Crippen LogP) is 2.43. The van der Waals surface area contributed by atoms with Gasteiger partial charge in [-0.25, -0.2) is 0 Å². The average molecular weight is 217 g/mol. The molecule has 86 valence electrons. The molecule has 0 atom stereocenters. The van der Waals surface area contributed by atoms with E-state index in [-0.39, 0.29) is 0 Å². The van der Waals surface area contributed by atoms with Crippen LogP contribution in [-0.4, -0.2) is 24.6 Å². The summed E-state index contributed by atoms with van der Waals surface area (Å²) in [7, 11) is 0. The monoisotopic (exact) mass is 217 g/mol. The second kappa shape index (κ2) is 4.32. The first-order valence-corrected chi connectivity index (χ1v) is 6.41. The molecule has 0 aliphatic carbocycles. The van der Waals surface area contributed by atoms with E-state index in [9.17, 15) is 0 Å². The number of aryl methyl sites for hydroxylation is 1. The second-order valence-corrected chi connectivity index (χ2v) is 4.77. The minimum absolute atomic E-state index is 1.10. The van der Waals surface area contributed by atoms with Crippen molar-refractivity contribution in [1.29, 1.82) is 0 Å². The molecule has 1 N–H and O–H groups in total. The standard InChI is InChI=1S/C13H19N3/c1-2-7-16(8-3-1)11-9-13-12(15-10-11)5-4-6-14-13/h9-10,14H,1-8H2. The van der Waals surface area contributed by atoms with Crippen LogP contribution < -0.4 is 10.2 Å². The van der Waals surface area contributed by atoms with Crippen LogP contribution in [0.3, 0.4) is 0 Å². The van der Waals surface area contributed by atoms with Crippen molar-refractivity contribution < 1.29 is 0 Å². The summed E-state index contributed by atoms with van der Waals surface area (Å²) in [5.41, 5.74) is 3.80. The normalized spacial score (nSPS) is 20.1. The van der Waals surface area contributed by atoms with Gasteiger partial charge in [0.2, 0.25) is 0 Å². The fourth-order valence-corrected chi connectivity index (χ4v) is 2.64. The van der Waals surface area contributed by atoms with Gasteiger partial charge in [-0.2, -0.15) is 0 Å². The Hall–Kier alpha value is -1.25. The van der Waals surface area contributed by atoms with Gasteiger partial charge in [-0.05, 0) is 38.2 Å². The minimum atomic E-state index is 1.10. The van der Waals surface area contributed by atoms with Crippen LogP contribution >= 0.6 is 0 Å². The van der Waals surface area contributed by atoms with Crippen LogP contribution in [0.2, 0.25) is 0 Å². The van der Waals surface area contributed by atoms with E-state index in [2.05, 4.69) is 27.5 Å². The van der Waals surface area contributed by atoms with Crippen molar-refractivity contribution in [2.24, 2.45) is 0 Å². The van der Waals surface area contributed by atoms with Crippen molar-refractivity contribution in [3.63, 3.8) is 0 Å². The summed E-state index contributed by atoms with van der Waals surface area (Å²) in [4.78, 5) is 7.06. The predicted molar refractivity (Wildman–Crippen MR) is 67.1 cm³/mol. The Morgan fingerprint density at radius 3 is 2.88 bits per heavy atom. The zero-order valence-corrected chi connectivity index (χ0v) is 9.71. The lowest BCUT2D eigenvalue weighted by Gasteiger charge is -2.29. The highest BCUT2D eigenvalue weighted by Gasteiger charge is 2.15. The molecule has 3 nitrogen and oxygen atoms in total. The summed E-state index contributed by atoms with van der Waals surface area (Å²) < 4.78 is 0. The number of nitrogens with one attached hydrogen (secondary N) is 1. The molecular weight excluding hydrogens is 198 g/mol. The van der Waals surface area contributed by atoms with Gasteiger partial charge in [0.05, 0.1) is 23.3 Å². The van der Waals surface area contributed by atoms with Crippen LogP contribution in [0.1, 0.15) is 31.4 Å². The highest BCUT2D eigenvalue weighted by Crippen LogP contribution is 2.26. The molecule has 0 aromatic carbocycles. The molecule has 1 aromatic heterocycles. The maximum Gasteiger partial charge on any atom is 0.0636 e. The number of pyridine rings is 1. The summed E-state index contributed by atoms with van der Waals surface area (Å²) in [6.07, 6.45) is 8.42. The van der Waals surface area contributed by atoms with Crippen molar-refractivity contribution in [2.75, 3.05) is 29.9 Å². The Morgan fingerprint density at radius 2 is 2.00 bits per heavy atom.